The van der Waals surface area contributed by atoms with Gasteiger partial charge in [0.05, 0.1) is 6.04 Å². The van der Waals surface area contributed by atoms with Gasteiger partial charge in [-0.2, -0.15) is 0 Å². The molecule has 1 aromatic carbocycles. The molecule has 2 rings (SSSR count). The Morgan fingerprint density at radius 1 is 1.32 bits per heavy atom. The number of hydrogen-bond acceptors (Lipinski definition) is 3. The number of rotatable bonds is 6. The molecule has 0 fully saturated rings. The van der Waals surface area contributed by atoms with Crippen molar-refractivity contribution in [1.82, 2.24) is 14.9 Å². The van der Waals surface area contributed by atoms with Crippen molar-refractivity contribution >= 4 is 5.91 Å². The number of nitrogens with two attached hydrogens (primary N) is 1. The molecule has 1 unspecified atom stereocenters. The van der Waals surface area contributed by atoms with Gasteiger partial charge >= 0.3 is 0 Å². The highest BCUT2D eigenvalue weighted by molar-refractivity contribution is 5.89. The summed E-state index contributed by atoms with van der Waals surface area (Å²) in [4.78, 5) is 15.6. The normalized spacial score (nSPS) is 13.0. The van der Waals surface area contributed by atoms with Gasteiger partial charge in [-0.3, -0.25) is 4.79 Å². The van der Waals surface area contributed by atoms with E-state index in [-0.39, 0.29) is 17.3 Å². The number of amides is 1. The fraction of sp³-hybridized carbons (Fsp3) is 0.412. The molecule has 0 aliphatic rings. The third-order valence-corrected chi connectivity index (χ3v) is 3.40. The average Bonchev–Trinajstić information content (AvgIpc) is 2.93. The second kappa shape index (κ2) is 6.75. The summed E-state index contributed by atoms with van der Waals surface area (Å²) >= 11 is 0. The smallest absolute Gasteiger partial charge is 0.284 e. The Hall–Kier alpha value is -2.14. The van der Waals surface area contributed by atoms with Crippen LogP contribution >= 0.6 is 0 Å². The molecular formula is C17H24N4O. The summed E-state index contributed by atoms with van der Waals surface area (Å²) in [5.74, 6) is -0.229. The number of carbonyl (C=O) groups is 1. The van der Waals surface area contributed by atoms with Gasteiger partial charge in [0.2, 0.25) is 0 Å². The van der Waals surface area contributed by atoms with Gasteiger partial charge in [-0.15, -0.1) is 0 Å². The Morgan fingerprint density at radius 3 is 2.59 bits per heavy atom. The topological polar surface area (TPSA) is 72.9 Å². The van der Waals surface area contributed by atoms with Crippen molar-refractivity contribution in [2.24, 2.45) is 11.1 Å². The molecule has 0 spiro atoms. The Kier molecular flexibility index (Phi) is 4.98. The Balaban J connectivity index is 2.26. The highest BCUT2D eigenvalue weighted by atomic mass is 16.1. The van der Waals surface area contributed by atoms with Crippen LogP contribution < -0.4 is 11.1 Å². The summed E-state index contributed by atoms with van der Waals surface area (Å²) in [6, 6.07) is 10.0. The van der Waals surface area contributed by atoms with E-state index < -0.39 is 5.91 Å². The second-order valence-electron chi connectivity index (χ2n) is 6.64. The molecule has 5 nitrogen and oxygen atoms in total. The third-order valence-electron chi connectivity index (χ3n) is 3.40. The maximum atomic E-state index is 11.6. The lowest BCUT2D eigenvalue weighted by molar-refractivity contribution is 0.0985. The maximum absolute atomic E-state index is 11.6. The molecule has 3 N–H and O–H groups in total. The standard InChI is InChI=1S/C17H24N4O/c1-17(2,3)12-19-11-14(13-7-5-4-6-8-13)21-10-9-20-16(21)15(18)22/h4-10,14,19H,11-12H2,1-3H3,(H2,18,22). The molecule has 1 heterocycles. The molecule has 0 aliphatic carbocycles. The van der Waals surface area contributed by atoms with Crippen LogP contribution in [0.5, 0.6) is 0 Å². The summed E-state index contributed by atoms with van der Waals surface area (Å²) in [5, 5.41) is 3.48. The molecule has 2 aromatic rings. The maximum Gasteiger partial charge on any atom is 0.284 e. The molecule has 1 amide bonds. The van der Waals surface area contributed by atoms with Crippen LogP contribution in [0.25, 0.3) is 0 Å². The SMILES string of the molecule is CC(C)(C)CNCC(c1ccccc1)n1ccnc1C(N)=O. The van der Waals surface area contributed by atoms with Crippen molar-refractivity contribution in [1.29, 1.82) is 0 Å². The fourth-order valence-corrected chi connectivity index (χ4v) is 2.39. The Bertz CT molecular complexity index is 613. The Labute approximate surface area is 131 Å². The number of aromatic nitrogens is 2. The van der Waals surface area contributed by atoms with Crippen LogP contribution in [0.3, 0.4) is 0 Å². The van der Waals surface area contributed by atoms with Gasteiger partial charge in [0.25, 0.3) is 5.91 Å². The largest absolute Gasteiger partial charge is 0.363 e. The zero-order valence-corrected chi connectivity index (χ0v) is 13.4. The van der Waals surface area contributed by atoms with E-state index in [1.54, 1.807) is 12.4 Å². The minimum Gasteiger partial charge on any atom is -0.363 e. The van der Waals surface area contributed by atoms with E-state index in [1.165, 1.54) is 0 Å². The summed E-state index contributed by atoms with van der Waals surface area (Å²) < 4.78 is 1.84. The minimum atomic E-state index is -0.512. The predicted molar refractivity (Wildman–Crippen MR) is 87.7 cm³/mol. The third kappa shape index (κ3) is 4.18. The quantitative estimate of drug-likeness (QED) is 0.859. The summed E-state index contributed by atoms with van der Waals surface area (Å²) in [6.45, 7) is 8.14. The van der Waals surface area contributed by atoms with Crippen molar-refractivity contribution < 1.29 is 4.79 Å². The first-order chi connectivity index (χ1) is 10.4. The van der Waals surface area contributed by atoms with Crippen LogP contribution in [-0.2, 0) is 0 Å². The van der Waals surface area contributed by atoms with E-state index in [4.69, 9.17) is 5.73 Å². The molecule has 5 heteroatoms. The molecule has 22 heavy (non-hydrogen) atoms. The van der Waals surface area contributed by atoms with Gasteiger partial charge in [-0.25, -0.2) is 4.98 Å². The molecule has 0 aliphatic heterocycles. The molecule has 0 bridgehead atoms. The summed E-state index contributed by atoms with van der Waals surface area (Å²) in [7, 11) is 0. The van der Waals surface area contributed by atoms with Crippen molar-refractivity contribution in [3.63, 3.8) is 0 Å². The molecule has 1 aromatic heterocycles. The van der Waals surface area contributed by atoms with E-state index in [2.05, 4.69) is 31.1 Å². The van der Waals surface area contributed by atoms with Crippen molar-refractivity contribution in [3.8, 4) is 0 Å². The Morgan fingerprint density at radius 2 is 2.00 bits per heavy atom. The monoisotopic (exact) mass is 300 g/mol. The van der Waals surface area contributed by atoms with Crippen molar-refractivity contribution in [2.75, 3.05) is 13.1 Å². The van der Waals surface area contributed by atoms with Crippen LogP contribution in [0.2, 0.25) is 0 Å². The average molecular weight is 300 g/mol. The highest BCUT2D eigenvalue weighted by Crippen LogP contribution is 2.20. The van der Waals surface area contributed by atoms with Gasteiger partial charge in [0, 0.05) is 25.5 Å². The summed E-state index contributed by atoms with van der Waals surface area (Å²) in [5.41, 5.74) is 6.74. The van der Waals surface area contributed by atoms with E-state index in [9.17, 15) is 4.79 Å². The molecule has 118 valence electrons. The van der Waals surface area contributed by atoms with Crippen molar-refractivity contribution in [2.45, 2.75) is 26.8 Å². The van der Waals surface area contributed by atoms with Crippen LogP contribution in [-0.4, -0.2) is 28.5 Å². The summed E-state index contributed by atoms with van der Waals surface area (Å²) in [6.07, 6.45) is 3.41. The van der Waals surface area contributed by atoms with Gasteiger partial charge < -0.3 is 15.6 Å². The van der Waals surface area contributed by atoms with Gasteiger partial charge in [0.15, 0.2) is 5.82 Å². The zero-order valence-electron chi connectivity index (χ0n) is 13.4. The predicted octanol–water partition coefficient (Wildman–Crippen LogP) is 2.21. The van der Waals surface area contributed by atoms with Crippen LogP contribution in [0.15, 0.2) is 42.7 Å². The number of hydrogen-bond donors (Lipinski definition) is 2. The highest BCUT2D eigenvalue weighted by Gasteiger charge is 2.20. The lowest BCUT2D eigenvalue weighted by atomic mass is 9.96. The van der Waals surface area contributed by atoms with Crippen molar-refractivity contribution in [3.05, 3.63) is 54.1 Å². The molecule has 1 atom stereocenters. The first-order valence-electron chi connectivity index (χ1n) is 7.47. The zero-order chi connectivity index (χ0) is 16.2. The number of nitrogens with zero attached hydrogens (tertiary/aromatic N) is 2. The van der Waals surface area contributed by atoms with Crippen LogP contribution in [0.1, 0.15) is 43.0 Å². The van der Waals surface area contributed by atoms with Gasteiger partial charge in [-0.1, -0.05) is 51.1 Å². The molecule has 0 saturated heterocycles. The lowest BCUT2D eigenvalue weighted by Gasteiger charge is -2.24. The number of primary amides is 1. The first kappa shape index (κ1) is 16.2. The fourth-order valence-electron chi connectivity index (χ4n) is 2.39. The number of imidazole rings is 1. The van der Waals surface area contributed by atoms with E-state index in [0.29, 0.717) is 6.54 Å². The van der Waals surface area contributed by atoms with Crippen LogP contribution in [0, 0.1) is 5.41 Å². The molecule has 0 radical (unpaired) electrons. The van der Waals surface area contributed by atoms with E-state index >= 15 is 0 Å². The lowest BCUT2D eigenvalue weighted by Crippen LogP contribution is -2.34. The van der Waals surface area contributed by atoms with E-state index in [1.807, 2.05) is 34.9 Å². The second-order valence-corrected chi connectivity index (χ2v) is 6.64. The molecule has 0 saturated carbocycles. The van der Waals surface area contributed by atoms with Crippen LogP contribution in [0.4, 0.5) is 0 Å². The van der Waals surface area contributed by atoms with Gasteiger partial charge in [0.1, 0.15) is 0 Å². The number of benzene rings is 1. The minimum absolute atomic E-state index is 0.0199. The number of carbonyl (C=O) groups excluding carboxylic acids is 1. The first-order valence-corrected chi connectivity index (χ1v) is 7.47. The van der Waals surface area contributed by atoms with E-state index in [0.717, 1.165) is 12.1 Å². The van der Waals surface area contributed by atoms with Gasteiger partial charge in [-0.05, 0) is 11.0 Å². The molecular weight excluding hydrogens is 276 g/mol. The number of nitrogens with one attached hydrogen (secondary N) is 1.